The SMILES string of the molecule is COCCCCCn1c(N)nc2c(C#N)cccc21. The van der Waals surface area contributed by atoms with Crippen LogP contribution in [0.2, 0.25) is 0 Å². The fourth-order valence-corrected chi connectivity index (χ4v) is 2.18. The summed E-state index contributed by atoms with van der Waals surface area (Å²) in [6.45, 7) is 1.61. The molecule has 2 rings (SSSR count). The Hall–Kier alpha value is -2.06. The maximum atomic E-state index is 9.05. The number of aryl methyl sites for hydroxylation is 1. The molecule has 0 amide bonds. The van der Waals surface area contributed by atoms with Gasteiger partial charge in [0.25, 0.3) is 0 Å². The van der Waals surface area contributed by atoms with Crippen LogP contribution in [0.15, 0.2) is 18.2 Å². The number of para-hydroxylation sites is 1. The van der Waals surface area contributed by atoms with Crippen LogP contribution < -0.4 is 5.73 Å². The summed E-state index contributed by atoms with van der Waals surface area (Å²) < 4.78 is 7.00. The molecule has 1 heterocycles. The number of nitriles is 1. The molecule has 0 radical (unpaired) electrons. The number of benzene rings is 1. The fourth-order valence-electron chi connectivity index (χ4n) is 2.18. The van der Waals surface area contributed by atoms with Crippen molar-refractivity contribution >= 4 is 17.0 Å². The number of unbranched alkanes of at least 4 members (excludes halogenated alkanes) is 2. The number of methoxy groups -OCH3 is 1. The number of nitrogens with two attached hydrogens (primary N) is 1. The van der Waals surface area contributed by atoms with E-state index < -0.39 is 0 Å². The molecule has 19 heavy (non-hydrogen) atoms. The van der Waals surface area contributed by atoms with E-state index in [1.807, 2.05) is 16.7 Å². The molecule has 0 saturated heterocycles. The minimum atomic E-state index is 0.476. The Morgan fingerprint density at radius 3 is 2.95 bits per heavy atom. The van der Waals surface area contributed by atoms with E-state index in [0.717, 1.165) is 37.9 Å². The lowest BCUT2D eigenvalue weighted by atomic mass is 10.2. The molecule has 5 heteroatoms. The molecule has 100 valence electrons. The van der Waals surface area contributed by atoms with Crippen molar-refractivity contribution in [2.75, 3.05) is 19.5 Å². The number of anilines is 1. The van der Waals surface area contributed by atoms with Gasteiger partial charge in [0.2, 0.25) is 5.95 Å². The Morgan fingerprint density at radius 2 is 2.21 bits per heavy atom. The molecule has 0 aliphatic heterocycles. The van der Waals surface area contributed by atoms with E-state index >= 15 is 0 Å². The zero-order chi connectivity index (χ0) is 13.7. The first kappa shape index (κ1) is 13.4. The Bertz CT molecular complexity index is 597. The van der Waals surface area contributed by atoms with Gasteiger partial charge in [0.05, 0.1) is 11.1 Å². The number of fused-ring (bicyclic) bond motifs is 1. The van der Waals surface area contributed by atoms with Crippen LogP contribution in [-0.4, -0.2) is 23.3 Å². The molecule has 0 fully saturated rings. The molecule has 0 saturated carbocycles. The van der Waals surface area contributed by atoms with Crippen LogP contribution in [0.5, 0.6) is 0 Å². The fraction of sp³-hybridized carbons (Fsp3) is 0.429. The van der Waals surface area contributed by atoms with Crippen molar-refractivity contribution < 1.29 is 4.74 Å². The van der Waals surface area contributed by atoms with Gasteiger partial charge in [0.1, 0.15) is 11.6 Å². The molecule has 1 aromatic carbocycles. The van der Waals surface area contributed by atoms with E-state index in [9.17, 15) is 0 Å². The molecule has 0 aliphatic rings. The van der Waals surface area contributed by atoms with Crippen molar-refractivity contribution in [1.82, 2.24) is 9.55 Å². The van der Waals surface area contributed by atoms with Gasteiger partial charge >= 0.3 is 0 Å². The summed E-state index contributed by atoms with van der Waals surface area (Å²) in [6, 6.07) is 7.73. The normalized spacial score (nSPS) is 10.7. The summed E-state index contributed by atoms with van der Waals surface area (Å²) in [6.07, 6.45) is 3.16. The highest BCUT2D eigenvalue weighted by Crippen LogP contribution is 2.21. The van der Waals surface area contributed by atoms with Gasteiger partial charge in [0.15, 0.2) is 0 Å². The van der Waals surface area contributed by atoms with Gasteiger partial charge in [-0.1, -0.05) is 6.07 Å². The summed E-state index contributed by atoms with van der Waals surface area (Å²) in [5.41, 5.74) is 8.13. The van der Waals surface area contributed by atoms with Crippen LogP contribution in [0.3, 0.4) is 0 Å². The van der Waals surface area contributed by atoms with Gasteiger partial charge in [-0.05, 0) is 31.4 Å². The second kappa shape index (κ2) is 6.21. The monoisotopic (exact) mass is 258 g/mol. The lowest BCUT2D eigenvalue weighted by Gasteiger charge is -2.06. The number of hydrogen-bond donors (Lipinski definition) is 1. The molecule has 2 aromatic rings. The molecular formula is C14H18N4O. The predicted molar refractivity (Wildman–Crippen MR) is 74.6 cm³/mol. The third kappa shape index (κ3) is 2.85. The predicted octanol–water partition coefficient (Wildman–Crippen LogP) is 2.31. The van der Waals surface area contributed by atoms with Crippen LogP contribution in [0, 0.1) is 11.3 Å². The molecule has 0 unspecified atom stereocenters. The van der Waals surface area contributed by atoms with E-state index in [2.05, 4.69) is 11.1 Å². The van der Waals surface area contributed by atoms with Crippen molar-refractivity contribution in [3.63, 3.8) is 0 Å². The van der Waals surface area contributed by atoms with Crippen molar-refractivity contribution in [1.29, 1.82) is 5.26 Å². The molecule has 0 spiro atoms. The summed E-state index contributed by atoms with van der Waals surface area (Å²) in [5, 5.41) is 9.05. The van der Waals surface area contributed by atoms with Crippen molar-refractivity contribution in [3.05, 3.63) is 23.8 Å². The summed E-state index contributed by atoms with van der Waals surface area (Å²) in [7, 11) is 1.71. The zero-order valence-corrected chi connectivity index (χ0v) is 11.1. The average Bonchev–Trinajstić information content (AvgIpc) is 2.74. The smallest absolute Gasteiger partial charge is 0.201 e. The number of ether oxygens (including phenoxy) is 1. The van der Waals surface area contributed by atoms with Gasteiger partial charge in [0, 0.05) is 20.3 Å². The zero-order valence-electron chi connectivity index (χ0n) is 11.1. The second-order valence-electron chi connectivity index (χ2n) is 4.46. The molecule has 0 aliphatic carbocycles. The van der Waals surface area contributed by atoms with E-state index in [4.69, 9.17) is 15.7 Å². The lowest BCUT2D eigenvalue weighted by molar-refractivity contribution is 0.191. The maximum Gasteiger partial charge on any atom is 0.201 e. The Morgan fingerprint density at radius 1 is 1.37 bits per heavy atom. The Kier molecular flexibility index (Phi) is 4.37. The third-order valence-electron chi connectivity index (χ3n) is 3.16. The van der Waals surface area contributed by atoms with Crippen molar-refractivity contribution in [2.24, 2.45) is 0 Å². The lowest BCUT2D eigenvalue weighted by Crippen LogP contribution is -2.03. The van der Waals surface area contributed by atoms with E-state index in [1.165, 1.54) is 0 Å². The minimum Gasteiger partial charge on any atom is -0.385 e. The molecule has 2 N–H and O–H groups in total. The van der Waals surface area contributed by atoms with Gasteiger partial charge in [-0.15, -0.1) is 0 Å². The topological polar surface area (TPSA) is 76.9 Å². The summed E-state index contributed by atoms with van der Waals surface area (Å²) in [5.74, 6) is 0.476. The number of imidazole rings is 1. The highest BCUT2D eigenvalue weighted by atomic mass is 16.5. The molecule has 0 bridgehead atoms. The minimum absolute atomic E-state index is 0.476. The quantitative estimate of drug-likeness (QED) is 0.806. The van der Waals surface area contributed by atoms with Crippen molar-refractivity contribution in [3.8, 4) is 6.07 Å². The number of hydrogen-bond acceptors (Lipinski definition) is 4. The summed E-state index contributed by atoms with van der Waals surface area (Å²) in [4.78, 5) is 4.29. The van der Waals surface area contributed by atoms with E-state index in [1.54, 1.807) is 13.2 Å². The Labute approximate surface area is 112 Å². The number of rotatable bonds is 6. The largest absolute Gasteiger partial charge is 0.385 e. The first-order valence-corrected chi connectivity index (χ1v) is 6.41. The van der Waals surface area contributed by atoms with Crippen LogP contribution in [0.1, 0.15) is 24.8 Å². The molecular weight excluding hydrogens is 240 g/mol. The first-order chi connectivity index (χ1) is 9.27. The molecule has 5 nitrogen and oxygen atoms in total. The number of nitrogens with zero attached hydrogens (tertiary/aromatic N) is 3. The number of nitrogen functional groups attached to an aromatic ring is 1. The third-order valence-corrected chi connectivity index (χ3v) is 3.16. The maximum absolute atomic E-state index is 9.05. The van der Waals surface area contributed by atoms with Gasteiger partial charge < -0.3 is 15.0 Å². The Balaban J connectivity index is 2.15. The van der Waals surface area contributed by atoms with Gasteiger partial charge in [-0.25, -0.2) is 4.98 Å². The van der Waals surface area contributed by atoms with Crippen LogP contribution in [0.25, 0.3) is 11.0 Å². The molecule has 1 aromatic heterocycles. The van der Waals surface area contributed by atoms with Crippen molar-refractivity contribution in [2.45, 2.75) is 25.8 Å². The van der Waals surface area contributed by atoms with Gasteiger partial charge in [-0.2, -0.15) is 5.26 Å². The average molecular weight is 258 g/mol. The highest BCUT2D eigenvalue weighted by Gasteiger charge is 2.10. The van der Waals surface area contributed by atoms with Crippen LogP contribution in [-0.2, 0) is 11.3 Å². The molecule has 0 atom stereocenters. The van der Waals surface area contributed by atoms with E-state index in [-0.39, 0.29) is 0 Å². The summed E-state index contributed by atoms with van der Waals surface area (Å²) >= 11 is 0. The van der Waals surface area contributed by atoms with E-state index in [0.29, 0.717) is 17.0 Å². The second-order valence-corrected chi connectivity index (χ2v) is 4.46. The highest BCUT2D eigenvalue weighted by molar-refractivity contribution is 5.83. The van der Waals surface area contributed by atoms with Crippen LogP contribution >= 0.6 is 0 Å². The number of aromatic nitrogens is 2. The van der Waals surface area contributed by atoms with Crippen LogP contribution in [0.4, 0.5) is 5.95 Å². The van der Waals surface area contributed by atoms with Gasteiger partial charge in [-0.3, -0.25) is 0 Å². The first-order valence-electron chi connectivity index (χ1n) is 6.41. The standard InChI is InChI=1S/C14H18N4O/c1-19-9-4-2-3-8-18-12-7-5-6-11(10-15)13(12)17-14(18)16/h5-7H,2-4,8-9H2,1H3,(H2,16,17).